The number of nitrogens with zero attached hydrogens (tertiary/aromatic N) is 4. The summed E-state index contributed by atoms with van der Waals surface area (Å²) < 4.78 is 5.55. The second kappa shape index (κ2) is 7.62. The molecule has 30 heavy (non-hydrogen) atoms. The Morgan fingerprint density at radius 2 is 2.00 bits per heavy atom. The van der Waals surface area contributed by atoms with Crippen molar-refractivity contribution in [3.8, 4) is 0 Å². The Morgan fingerprint density at radius 3 is 2.80 bits per heavy atom. The number of furan rings is 1. The van der Waals surface area contributed by atoms with E-state index in [1.54, 1.807) is 12.5 Å². The Hall–Kier alpha value is -3.68. The number of hydrogen-bond acceptors (Lipinski definition) is 7. The van der Waals surface area contributed by atoms with Gasteiger partial charge in [-0.25, -0.2) is 4.98 Å². The van der Waals surface area contributed by atoms with Crippen LogP contribution in [-0.4, -0.2) is 53.4 Å². The second-order valence-electron chi connectivity index (χ2n) is 7.57. The summed E-state index contributed by atoms with van der Waals surface area (Å²) in [5, 5.41) is 12.0. The third kappa shape index (κ3) is 3.10. The zero-order valence-corrected chi connectivity index (χ0v) is 16.4. The van der Waals surface area contributed by atoms with E-state index >= 15 is 0 Å². The molecule has 8 nitrogen and oxygen atoms in total. The summed E-state index contributed by atoms with van der Waals surface area (Å²) in [6.07, 6.45) is 7.98. The highest BCUT2D eigenvalue weighted by atomic mass is 16.3. The molecule has 0 spiro atoms. The number of hydrogen-bond donors (Lipinski definition) is 2. The van der Waals surface area contributed by atoms with E-state index in [9.17, 15) is 4.79 Å². The number of fused-ring (bicyclic) bond motifs is 3. The summed E-state index contributed by atoms with van der Waals surface area (Å²) in [6, 6.07) is 11.7. The van der Waals surface area contributed by atoms with Crippen LogP contribution in [-0.2, 0) is 0 Å². The molecule has 0 aliphatic carbocycles. The minimum atomic E-state index is -0.00539. The molecule has 2 aliphatic heterocycles. The topological polar surface area (TPSA) is 97.8 Å². The lowest BCUT2D eigenvalue weighted by atomic mass is 10.1. The smallest absolute Gasteiger partial charge is 0.256 e. The van der Waals surface area contributed by atoms with Gasteiger partial charge in [-0.3, -0.25) is 10.2 Å². The lowest BCUT2D eigenvalue weighted by Crippen LogP contribution is -2.55. The summed E-state index contributed by atoms with van der Waals surface area (Å²) in [5.41, 5.74) is 4.93. The van der Waals surface area contributed by atoms with Gasteiger partial charge in [0, 0.05) is 37.6 Å². The molecule has 1 amide bonds. The highest BCUT2D eigenvalue weighted by Gasteiger charge is 2.43. The number of piperazine rings is 1. The first-order valence-electron chi connectivity index (χ1n) is 10.0. The molecule has 2 atom stereocenters. The van der Waals surface area contributed by atoms with E-state index in [4.69, 9.17) is 9.83 Å². The number of aromatic nitrogens is 1. The maximum atomic E-state index is 13.3. The number of benzene rings is 1. The zero-order valence-electron chi connectivity index (χ0n) is 16.4. The van der Waals surface area contributed by atoms with Crippen LogP contribution in [0.5, 0.6) is 0 Å². The molecule has 5 rings (SSSR count). The van der Waals surface area contributed by atoms with Crippen LogP contribution in [0.1, 0.15) is 23.2 Å². The van der Waals surface area contributed by atoms with E-state index in [2.05, 4.69) is 20.4 Å². The number of amides is 1. The Bertz CT molecular complexity index is 1110. The number of hydrazone groups is 1. The van der Waals surface area contributed by atoms with Crippen molar-refractivity contribution in [1.82, 2.24) is 9.88 Å². The van der Waals surface area contributed by atoms with E-state index < -0.39 is 0 Å². The fraction of sp³-hybridized carbons (Fsp3) is 0.273. The Balaban J connectivity index is 1.39. The minimum absolute atomic E-state index is 0.00539. The first kappa shape index (κ1) is 18.4. The maximum Gasteiger partial charge on any atom is 0.256 e. The fourth-order valence-corrected chi connectivity index (χ4v) is 4.58. The molecule has 0 saturated carbocycles. The summed E-state index contributed by atoms with van der Waals surface area (Å²) in [7, 11) is 0. The van der Waals surface area contributed by atoms with Crippen LogP contribution in [0.3, 0.4) is 0 Å². The van der Waals surface area contributed by atoms with Crippen molar-refractivity contribution in [1.29, 1.82) is 5.41 Å². The normalized spacial score (nSPS) is 20.8. The van der Waals surface area contributed by atoms with Gasteiger partial charge in [0.25, 0.3) is 5.91 Å². The predicted octanol–water partition coefficient (Wildman–Crippen LogP) is 3.37. The van der Waals surface area contributed by atoms with E-state index in [0.29, 0.717) is 24.3 Å². The molecule has 1 aromatic carbocycles. The number of carbonyl (C=O) groups is 1. The average molecular weight is 402 g/mol. The lowest BCUT2D eigenvalue weighted by Gasteiger charge is -2.42. The third-order valence-electron chi connectivity index (χ3n) is 5.86. The van der Waals surface area contributed by atoms with Crippen LogP contribution in [0.4, 0.5) is 11.5 Å². The quantitative estimate of drug-likeness (QED) is 0.504. The summed E-state index contributed by atoms with van der Waals surface area (Å²) >= 11 is 0. The average Bonchev–Trinajstić information content (AvgIpc) is 3.35. The standard InChI is InChI=1S/C22H22N6O2/c23-9-11-25-26-19-4-2-1-3-17(19)22(29)27-13-15-5-6-16(14-27)28(15)21-18-8-12-30-20(18)7-10-24-21/h1-4,7-12,15-16,23,26H,5-6,13-14H2/b23-9?,25-11-. The zero-order chi connectivity index (χ0) is 20.5. The van der Waals surface area contributed by atoms with Crippen molar-refractivity contribution in [2.24, 2.45) is 5.10 Å². The summed E-state index contributed by atoms with van der Waals surface area (Å²) in [5.74, 6) is 0.943. The van der Waals surface area contributed by atoms with Crippen molar-refractivity contribution in [3.05, 3.63) is 54.4 Å². The third-order valence-corrected chi connectivity index (χ3v) is 5.86. The fourth-order valence-electron chi connectivity index (χ4n) is 4.58. The molecule has 2 saturated heterocycles. The number of carbonyl (C=O) groups excluding carboxylic acids is 1. The van der Waals surface area contributed by atoms with Gasteiger partial charge >= 0.3 is 0 Å². The summed E-state index contributed by atoms with van der Waals surface area (Å²) in [4.78, 5) is 22.3. The molecule has 2 N–H and O–H groups in total. The van der Waals surface area contributed by atoms with Crippen molar-refractivity contribution >= 4 is 40.8 Å². The molecule has 2 aromatic heterocycles. The van der Waals surface area contributed by atoms with Crippen LogP contribution in [0.2, 0.25) is 0 Å². The number of pyridine rings is 1. The van der Waals surface area contributed by atoms with Gasteiger partial charge in [-0.05, 0) is 37.1 Å². The molecule has 0 radical (unpaired) electrons. The largest absolute Gasteiger partial charge is 0.464 e. The van der Waals surface area contributed by atoms with Gasteiger partial charge in [0.05, 0.1) is 29.1 Å². The molecule has 4 heterocycles. The van der Waals surface area contributed by atoms with E-state index in [0.717, 1.165) is 35.8 Å². The highest BCUT2D eigenvalue weighted by Crippen LogP contribution is 2.38. The second-order valence-corrected chi connectivity index (χ2v) is 7.57. The molecule has 152 valence electrons. The van der Waals surface area contributed by atoms with E-state index in [-0.39, 0.29) is 18.0 Å². The molecule has 2 unspecified atom stereocenters. The van der Waals surface area contributed by atoms with E-state index in [1.807, 2.05) is 41.3 Å². The first-order valence-corrected chi connectivity index (χ1v) is 10.0. The Morgan fingerprint density at radius 1 is 1.20 bits per heavy atom. The van der Waals surface area contributed by atoms with Gasteiger partial charge < -0.3 is 19.6 Å². The molecule has 2 aliphatic rings. The van der Waals surface area contributed by atoms with Crippen molar-refractivity contribution in [2.75, 3.05) is 23.4 Å². The van der Waals surface area contributed by atoms with Gasteiger partial charge in [0.15, 0.2) is 0 Å². The lowest BCUT2D eigenvalue weighted by molar-refractivity contribution is 0.0718. The Labute approximate surface area is 173 Å². The number of para-hydroxylation sites is 1. The number of nitrogens with one attached hydrogen (secondary N) is 2. The van der Waals surface area contributed by atoms with Gasteiger partial charge in [0.2, 0.25) is 0 Å². The van der Waals surface area contributed by atoms with Crippen LogP contribution in [0, 0.1) is 5.41 Å². The number of anilines is 2. The molecule has 3 aromatic rings. The Kier molecular flexibility index (Phi) is 4.66. The molecule has 2 bridgehead atoms. The van der Waals surface area contributed by atoms with Crippen molar-refractivity contribution in [3.63, 3.8) is 0 Å². The number of likely N-dealkylation sites (tertiary alicyclic amines) is 1. The van der Waals surface area contributed by atoms with Crippen LogP contribution in [0.15, 0.2) is 58.4 Å². The molecular weight excluding hydrogens is 380 g/mol. The van der Waals surface area contributed by atoms with Crippen molar-refractivity contribution < 1.29 is 9.21 Å². The first-order chi connectivity index (χ1) is 14.8. The minimum Gasteiger partial charge on any atom is -0.464 e. The van der Waals surface area contributed by atoms with E-state index in [1.165, 1.54) is 6.21 Å². The molecule has 2 fully saturated rings. The molecule has 8 heteroatoms. The number of rotatable bonds is 5. The van der Waals surface area contributed by atoms with Crippen LogP contribution < -0.4 is 10.3 Å². The van der Waals surface area contributed by atoms with Gasteiger partial charge in [0.1, 0.15) is 11.4 Å². The van der Waals surface area contributed by atoms with Crippen LogP contribution in [0.25, 0.3) is 11.0 Å². The van der Waals surface area contributed by atoms with Gasteiger partial charge in [-0.1, -0.05) is 12.1 Å². The van der Waals surface area contributed by atoms with Crippen LogP contribution >= 0.6 is 0 Å². The van der Waals surface area contributed by atoms with Gasteiger partial charge in [-0.15, -0.1) is 0 Å². The highest BCUT2D eigenvalue weighted by molar-refractivity contribution is 6.14. The molecular formula is C22H22N6O2. The maximum absolute atomic E-state index is 13.3. The summed E-state index contributed by atoms with van der Waals surface area (Å²) in [6.45, 7) is 1.31. The monoisotopic (exact) mass is 402 g/mol. The van der Waals surface area contributed by atoms with Gasteiger partial charge in [-0.2, -0.15) is 5.10 Å². The SMILES string of the molecule is N=C/C=N\Nc1ccccc1C(=O)N1CC2CCC(C1)N2c1nccc2occc12. The predicted molar refractivity (Wildman–Crippen MR) is 117 cm³/mol. The van der Waals surface area contributed by atoms with Crippen molar-refractivity contribution in [2.45, 2.75) is 24.9 Å².